The summed E-state index contributed by atoms with van der Waals surface area (Å²) < 4.78 is 2.40. The average molecular weight is 475 g/mol. The molecule has 0 amide bonds. The van der Waals surface area contributed by atoms with Gasteiger partial charge >= 0.3 is 5.69 Å². The highest BCUT2D eigenvalue weighted by atomic mass is 35.5. The first-order valence-corrected chi connectivity index (χ1v) is 11.4. The number of halogens is 1. The van der Waals surface area contributed by atoms with Crippen LogP contribution in [0.15, 0.2) is 33.9 Å². The van der Waals surface area contributed by atoms with Crippen molar-refractivity contribution in [3.05, 3.63) is 55.0 Å². The first kappa shape index (κ1) is 23.9. The van der Waals surface area contributed by atoms with Crippen LogP contribution in [0.25, 0.3) is 21.8 Å². The van der Waals surface area contributed by atoms with Gasteiger partial charge in [-0.1, -0.05) is 64.4 Å². The van der Waals surface area contributed by atoms with Gasteiger partial charge in [-0.2, -0.15) is 0 Å². The molecule has 0 fully saturated rings. The second-order valence-electron chi connectivity index (χ2n) is 9.17. The monoisotopic (exact) mass is 474 g/mol. The molecule has 170 valence electrons. The largest absolute Gasteiger partial charge is 0.384 e. The van der Waals surface area contributed by atoms with E-state index in [2.05, 4.69) is 4.98 Å². The molecule has 0 aliphatic carbocycles. The smallest absolute Gasteiger partial charge is 0.332 e. The standard InChI is InChI=1S/C23H27ClN4O3S/c1-12(2)11-28-19(25)15(21(30)27(6)22(28)31)20-26-16(13-9-7-8-10-14(13)24)17(32-20)18(29)23(3,4)5/h7-10,12H,11,25H2,1-6H3. The Morgan fingerprint density at radius 3 is 2.41 bits per heavy atom. The quantitative estimate of drug-likeness (QED) is 0.550. The molecule has 1 aromatic carbocycles. The molecule has 0 atom stereocenters. The lowest BCUT2D eigenvalue weighted by Gasteiger charge is -2.16. The van der Waals surface area contributed by atoms with Gasteiger partial charge in [-0.25, -0.2) is 9.78 Å². The van der Waals surface area contributed by atoms with Crippen molar-refractivity contribution >= 4 is 34.5 Å². The minimum absolute atomic E-state index is 0.0426. The summed E-state index contributed by atoms with van der Waals surface area (Å²) in [6.07, 6.45) is 0. The van der Waals surface area contributed by atoms with Crippen molar-refractivity contribution in [1.29, 1.82) is 0 Å². The van der Waals surface area contributed by atoms with Crippen molar-refractivity contribution < 1.29 is 4.79 Å². The molecule has 0 saturated heterocycles. The Labute approximate surface area is 195 Å². The molecular formula is C23H27ClN4O3S. The van der Waals surface area contributed by atoms with Crippen LogP contribution in [-0.4, -0.2) is 19.9 Å². The predicted octanol–water partition coefficient (Wildman–Crippen LogP) is 4.46. The number of hydrogen-bond acceptors (Lipinski definition) is 6. The first-order valence-electron chi connectivity index (χ1n) is 10.2. The Balaban J connectivity index is 2.37. The highest BCUT2D eigenvalue weighted by Crippen LogP contribution is 2.40. The first-order chi connectivity index (χ1) is 14.8. The molecule has 0 unspecified atom stereocenters. The van der Waals surface area contributed by atoms with Crippen molar-refractivity contribution in [3.8, 4) is 21.8 Å². The predicted molar refractivity (Wildman–Crippen MR) is 131 cm³/mol. The van der Waals surface area contributed by atoms with Crippen LogP contribution in [0.5, 0.6) is 0 Å². The maximum atomic E-state index is 13.3. The van der Waals surface area contributed by atoms with Crippen molar-refractivity contribution in [3.63, 3.8) is 0 Å². The third kappa shape index (κ3) is 4.29. The molecule has 32 heavy (non-hydrogen) atoms. The van der Waals surface area contributed by atoms with Crippen molar-refractivity contribution in [2.75, 3.05) is 5.73 Å². The number of nitrogens with zero attached hydrogens (tertiary/aromatic N) is 3. The summed E-state index contributed by atoms with van der Waals surface area (Å²) in [6.45, 7) is 9.72. The SMILES string of the molecule is CC(C)Cn1c(N)c(-c2nc(-c3ccccc3Cl)c(C(=O)C(C)(C)C)s2)c(=O)n(C)c1=O. The van der Waals surface area contributed by atoms with Crippen LogP contribution in [0.1, 0.15) is 44.3 Å². The van der Waals surface area contributed by atoms with Crippen LogP contribution in [0.2, 0.25) is 5.02 Å². The number of hydrogen-bond donors (Lipinski definition) is 1. The van der Waals surface area contributed by atoms with Gasteiger partial charge in [0.05, 0.1) is 15.6 Å². The fraction of sp³-hybridized carbons (Fsp3) is 0.391. The van der Waals surface area contributed by atoms with E-state index in [1.165, 1.54) is 11.6 Å². The molecule has 9 heteroatoms. The van der Waals surface area contributed by atoms with E-state index in [9.17, 15) is 14.4 Å². The van der Waals surface area contributed by atoms with Gasteiger partial charge in [0.15, 0.2) is 5.78 Å². The van der Waals surface area contributed by atoms with Crippen LogP contribution >= 0.6 is 22.9 Å². The van der Waals surface area contributed by atoms with Crippen LogP contribution in [0.4, 0.5) is 5.82 Å². The van der Waals surface area contributed by atoms with E-state index in [1.54, 1.807) is 18.2 Å². The molecule has 0 aliphatic rings. The van der Waals surface area contributed by atoms with Gasteiger partial charge in [-0.3, -0.25) is 18.7 Å². The number of Topliss-reactive ketones (excluding diaryl/α,β-unsaturated/α-hetero) is 1. The molecule has 0 saturated carbocycles. The number of rotatable bonds is 5. The molecule has 0 spiro atoms. The number of nitrogen functional groups attached to an aromatic ring is 1. The third-order valence-corrected chi connectivity index (χ3v) is 6.39. The van der Waals surface area contributed by atoms with E-state index in [1.807, 2.05) is 40.7 Å². The van der Waals surface area contributed by atoms with Gasteiger partial charge in [0.1, 0.15) is 16.4 Å². The summed E-state index contributed by atoms with van der Waals surface area (Å²) >= 11 is 7.51. The van der Waals surface area contributed by atoms with Gasteiger partial charge in [-0.15, -0.1) is 11.3 Å². The molecule has 3 aromatic rings. The van der Waals surface area contributed by atoms with E-state index < -0.39 is 16.7 Å². The number of nitrogens with two attached hydrogens (primary N) is 1. The van der Waals surface area contributed by atoms with Crippen LogP contribution in [-0.2, 0) is 13.6 Å². The molecule has 2 N–H and O–H groups in total. The highest BCUT2D eigenvalue weighted by molar-refractivity contribution is 7.17. The fourth-order valence-corrected chi connectivity index (χ4v) is 4.78. The van der Waals surface area contributed by atoms with Crippen molar-refractivity contribution in [2.45, 2.75) is 41.2 Å². The van der Waals surface area contributed by atoms with E-state index in [4.69, 9.17) is 17.3 Å². The second-order valence-corrected chi connectivity index (χ2v) is 10.6. The Morgan fingerprint density at radius 1 is 1.22 bits per heavy atom. The Bertz CT molecular complexity index is 1310. The topological polar surface area (TPSA) is 100.0 Å². The Morgan fingerprint density at radius 2 is 1.84 bits per heavy atom. The molecule has 0 aliphatic heterocycles. The molecule has 2 aromatic heterocycles. The number of anilines is 1. The Kier molecular flexibility index (Phi) is 6.49. The van der Waals surface area contributed by atoms with Gasteiger partial charge in [-0.05, 0) is 12.0 Å². The summed E-state index contributed by atoms with van der Waals surface area (Å²) in [5.41, 5.74) is 5.72. The zero-order valence-corrected chi connectivity index (χ0v) is 20.6. The summed E-state index contributed by atoms with van der Waals surface area (Å²) in [4.78, 5) is 44.1. The lowest BCUT2D eigenvalue weighted by atomic mass is 9.89. The molecule has 0 radical (unpaired) electrons. The zero-order valence-electron chi connectivity index (χ0n) is 19.0. The number of thiazole rings is 1. The van der Waals surface area contributed by atoms with Gasteiger partial charge in [0.25, 0.3) is 5.56 Å². The van der Waals surface area contributed by atoms with Crippen LogP contribution in [0.3, 0.4) is 0 Å². The van der Waals surface area contributed by atoms with Gasteiger partial charge in [0, 0.05) is 24.6 Å². The van der Waals surface area contributed by atoms with E-state index in [-0.39, 0.29) is 28.1 Å². The van der Waals surface area contributed by atoms with E-state index >= 15 is 0 Å². The van der Waals surface area contributed by atoms with Gasteiger partial charge < -0.3 is 5.73 Å². The lowest BCUT2D eigenvalue weighted by molar-refractivity contribution is 0.0863. The lowest BCUT2D eigenvalue weighted by Crippen LogP contribution is -2.41. The molecule has 7 nitrogen and oxygen atoms in total. The Hall–Kier alpha value is -2.71. The minimum atomic E-state index is -0.674. The van der Waals surface area contributed by atoms with Crippen LogP contribution in [0, 0.1) is 11.3 Å². The maximum absolute atomic E-state index is 13.3. The number of aromatic nitrogens is 3. The molecule has 3 rings (SSSR count). The van der Waals surface area contributed by atoms with Crippen molar-refractivity contribution in [1.82, 2.24) is 14.1 Å². The van der Waals surface area contributed by atoms with E-state index in [0.29, 0.717) is 27.7 Å². The van der Waals surface area contributed by atoms with Gasteiger partial charge in [0.2, 0.25) is 0 Å². The normalized spacial score (nSPS) is 11.9. The fourth-order valence-electron chi connectivity index (χ4n) is 3.28. The zero-order chi connectivity index (χ0) is 24.0. The second kappa shape index (κ2) is 8.67. The molecule has 2 heterocycles. The molecular weight excluding hydrogens is 448 g/mol. The van der Waals surface area contributed by atoms with E-state index in [0.717, 1.165) is 15.9 Å². The highest BCUT2D eigenvalue weighted by Gasteiger charge is 2.31. The summed E-state index contributed by atoms with van der Waals surface area (Å²) in [6, 6.07) is 7.10. The summed E-state index contributed by atoms with van der Waals surface area (Å²) in [7, 11) is 1.41. The minimum Gasteiger partial charge on any atom is -0.384 e. The van der Waals surface area contributed by atoms with Crippen LogP contribution < -0.4 is 17.0 Å². The number of ketones is 1. The number of carbonyl (C=O) groups is 1. The van der Waals surface area contributed by atoms with Crippen molar-refractivity contribution in [2.24, 2.45) is 18.4 Å². The third-order valence-electron chi connectivity index (χ3n) is 4.99. The maximum Gasteiger partial charge on any atom is 0.332 e. The summed E-state index contributed by atoms with van der Waals surface area (Å²) in [5, 5.41) is 0.723. The number of carbonyl (C=O) groups excluding carboxylic acids is 1. The molecule has 0 bridgehead atoms. The average Bonchev–Trinajstić information content (AvgIpc) is 3.13. The summed E-state index contributed by atoms with van der Waals surface area (Å²) in [5.74, 6) is 0.0523. The number of benzene rings is 1.